The van der Waals surface area contributed by atoms with E-state index in [9.17, 15) is 43.5 Å². The second kappa shape index (κ2) is 21.7. The molecule has 1 aromatic heterocycles. The number of likely N-dealkylation sites (tertiary alicyclic amines) is 1. The fraction of sp³-hybridized carbons (Fsp3) is 0.591. The van der Waals surface area contributed by atoms with Crippen molar-refractivity contribution in [2.45, 2.75) is 116 Å². The van der Waals surface area contributed by atoms with Crippen molar-refractivity contribution in [3.8, 4) is 0 Å². The van der Waals surface area contributed by atoms with Gasteiger partial charge in [-0.1, -0.05) is 72.7 Å². The zero-order valence-electron chi connectivity index (χ0n) is 37.8. The van der Waals surface area contributed by atoms with Gasteiger partial charge in [0.2, 0.25) is 35.4 Å². The summed E-state index contributed by atoms with van der Waals surface area (Å²) in [5, 5.41) is 30.0. The number of hydrogen-bond donors (Lipinski definition) is 6. The average molecular weight is 884 g/mol. The zero-order valence-corrected chi connectivity index (χ0v) is 38.6. The van der Waals surface area contributed by atoms with Crippen LogP contribution in [0.3, 0.4) is 0 Å². The lowest BCUT2D eigenvalue weighted by Crippen LogP contribution is -2.61. The lowest BCUT2D eigenvalue weighted by Gasteiger charge is -2.39. The molecule has 0 saturated carbocycles. The van der Waals surface area contributed by atoms with Gasteiger partial charge in [-0.2, -0.15) is 0 Å². The lowest BCUT2D eigenvalue weighted by molar-refractivity contribution is -0.141. The Kier molecular flexibility index (Phi) is 17.9. The first-order valence-corrected chi connectivity index (χ1v) is 21.8. The van der Waals surface area contributed by atoms with Crippen molar-refractivity contribution in [1.82, 2.24) is 35.6 Å². The number of benzene rings is 1. The van der Waals surface area contributed by atoms with Gasteiger partial charge in [0.15, 0.2) is 0 Å². The summed E-state index contributed by atoms with van der Waals surface area (Å²) in [5.74, 6) is -5.36. The maximum absolute atomic E-state index is 14.5. The number of imide groups is 1. The number of aromatic nitrogens is 1. The van der Waals surface area contributed by atoms with Crippen LogP contribution < -0.4 is 21.3 Å². The number of rotatable bonds is 22. The molecule has 1 aliphatic rings. The van der Waals surface area contributed by atoms with Gasteiger partial charge in [-0.05, 0) is 43.4 Å². The van der Waals surface area contributed by atoms with E-state index in [2.05, 4.69) is 21.3 Å². The maximum atomic E-state index is 14.5. The monoisotopic (exact) mass is 883 g/mol. The zero-order chi connectivity index (χ0) is 46.9. The second-order valence-corrected chi connectivity index (χ2v) is 19.1. The number of nitrogens with zero attached hydrogens (tertiary/aromatic N) is 3. The Morgan fingerprint density at radius 2 is 1.58 bits per heavy atom. The molecule has 1 aromatic carbocycles. The molecule has 0 bridgehead atoms. The number of thioether (sulfide) groups is 1. The van der Waals surface area contributed by atoms with Crippen LogP contribution in [0.4, 0.5) is 0 Å². The van der Waals surface area contributed by atoms with Gasteiger partial charge in [0.05, 0.1) is 23.8 Å². The topological polar surface area (TPSA) is 237 Å². The maximum Gasteiger partial charge on any atom is 0.304 e. The van der Waals surface area contributed by atoms with Gasteiger partial charge >= 0.3 is 11.9 Å². The lowest BCUT2D eigenvalue weighted by atomic mass is 9.76. The van der Waals surface area contributed by atoms with Crippen LogP contribution in [0.25, 0.3) is 10.9 Å². The molecule has 1 saturated heterocycles. The van der Waals surface area contributed by atoms with Crippen LogP contribution >= 0.6 is 11.8 Å². The fourth-order valence-electron chi connectivity index (χ4n) is 7.67. The minimum Gasteiger partial charge on any atom is -0.481 e. The van der Waals surface area contributed by atoms with Gasteiger partial charge in [-0.25, -0.2) is 0 Å². The highest BCUT2D eigenvalue weighted by atomic mass is 32.2. The number of carboxylic acids is 2. The Morgan fingerprint density at radius 3 is 2.16 bits per heavy atom. The molecule has 1 unspecified atom stereocenters. The number of carboxylic acid groups (broad SMARTS) is 2. The molecule has 6 amide bonds. The number of aryl methyl sites for hydroxylation is 1. The minimum absolute atomic E-state index is 0.0919. The van der Waals surface area contributed by atoms with Crippen molar-refractivity contribution in [2.75, 3.05) is 32.9 Å². The number of fused-ring (bicyclic) bond motifs is 1. The van der Waals surface area contributed by atoms with E-state index in [1.54, 1.807) is 20.2 Å². The van der Waals surface area contributed by atoms with Crippen molar-refractivity contribution < 1.29 is 48.6 Å². The van der Waals surface area contributed by atoms with Gasteiger partial charge in [-0.3, -0.25) is 43.3 Å². The third kappa shape index (κ3) is 12.9. The molecule has 17 nitrogen and oxygen atoms in total. The summed E-state index contributed by atoms with van der Waals surface area (Å²) in [5.41, 5.74) is 0.712. The molecule has 1 fully saturated rings. The third-order valence-electron chi connectivity index (χ3n) is 11.3. The fourth-order valence-corrected chi connectivity index (χ4v) is 8.77. The summed E-state index contributed by atoms with van der Waals surface area (Å²) in [6.07, 6.45) is 2.67. The Balaban J connectivity index is 1.76. The highest BCUT2D eigenvalue weighted by molar-refractivity contribution is 8.00. The largest absolute Gasteiger partial charge is 0.481 e. The van der Waals surface area contributed by atoms with Crippen molar-refractivity contribution in [3.05, 3.63) is 47.7 Å². The third-order valence-corrected chi connectivity index (χ3v) is 12.5. The molecule has 0 aliphatic carbocycles. The number of nitrogens with one attached hydrogen (secondary N) is 4. The molecule has 1 aliphatic heterocycles. The molecule has 18 heteroatoms. The second-order valence-electron chi connectivity index (χ2n) is 17.8. The first kappa shape index (κ1) is 51.1. The van der Waals surface area contributed by atoms with Crippen molar-refractivity contribution in [3.63, 3.8) is 0 Å². The molecule has 0 spiro atoms. The van der Waals surface area contributed by atoms with E-state index in [1.165, 1.54) is 11.8 Å². The summed E-state index contributed by atoms with van der Waals surface area (Å²) in [4.78, 5) is 106. The standard InChI is InChI=1S/C44H65N7O10S/c1-25(2)31(50(11)42(61)37(43(4,5)6)48-40(59)36(45-9)44(7,8)28-24-49(10)30-15-13-12-14-27(28)30)22-26(3)38(57)47-29(16-17-34(53)54)39(58)46-19-20-51-33(52)23-32(41(51)60)62-21-18-35(55)56/h12-15,22,24-25,29,31-32,36-37,45H,16-21,23H2,1-11H3,(H,46,58)(H,47,57)(H,48,59)(H,53,54)(H,55,56)/b26-22+/t29-,31+,32?,36+,37+/m0/s1. The average Bonchev–Trinajstić information content (AvgIpc) is 3.67. The van der Waals surface area contributed by atoms with E-state index in [0.29, 0.717) is 0 Å². The van der Waals surface area contributed by atoms with E-state index in [4.69, 9.17) is 5.11 Å². The van der Waals surface area contributed by atoms with Crippen LogP contribution in [0.1, 0.15) is 86.6 Å². The predicted octanol–water partition coefficient (Wildman–Crippen LogP) is 2.81. The van der Waals surface area contributed by atoms with Gasteiger partial charge in [-0.15, -0.1) is 11.8 Å². The van der Waals surface area contributed by atoms with Crippen LogP contribution in [-0.2, 0) is 50.8 Å². The number of likely N-dealkylation sites (N-methyl/N-ethyl adjacent to an activating group) is 2. The molecule has 0 radical (unpaired) electrons. The normalized spacial score (nSPS) is 16.8. The Labute approximate surface area is 368 Å². The highest BCUT2D eigenvalue weighted by Crippen LogP contribution is 2.35. The Hall–Kier alpha value is -5.23. The Morgan fingerprint density at radius 1 is 0.952 bits per heavy atom. The summed E-state index contributed by atoms with van der Waals surface area (Å²) < 4.78 is 2.02. The molecule has 342 valence electrons. The van der Waals surface area contributed by atoms with Gasteiger partial charge in [0.1, 0.15) is 12.1 Å². The van der Waals surface area contributed by atoms with Gasteiger partial charge < -0.3 is 40.9 Å². The quantitative estimate of drug-likeness (QED) is 0.0740. The number of amides is 6. The Bertz CT molecular complexity index is 2040. The molecule has 5 atom stereocenters. The van der Waals surface area contributed by atoms with E-state index in [1.807, 2.05) is 90.5 Å². The molecule has 2 aromatic rings. The highest BCUT2D eigenvalue weighted by Gasteiger charge is 2.43. The predicted molar refractivity (Wildman–Crippen MR) is 237 cm³/mol. The molecular formula is C44H65N7O10S. The summed E-state index contributed by atoms with van der Waals surface area (Å²) in [7, 11) is 5.27. The van der Waals surface area contributed by atoms with Gasteiger partial charge in [0, 0.05) is 73.9 Å². The smallest absolute Gasteiger partial charge is 0.304 e. The van der Waals surface area contributed by atoms with E-state index >= 15 is 0 Å². The number of aliphatic carboxylic acids is 2. The molecular weight excluding hydrogens is 819 g/mol. The van der Waals surface area contributed by atoms with Crippen molar-refractivity contribution >= 4 is 70.0 Å². The van der Waals surface area contributed by atoms with Crippen LogP contribution in [-0.4, -0.2) is 134 Å². The van der Waals surface area contributed by atoms with Gasteiger partial charge in [0.25, 0.3) is 0 Å². The van der Waals surface area contributed by atoms with Crippen molar-refractivity contribution in [1.29, 1.82) is 0 Å². The van der Waals surface area contributed by atoms with E-state index in [-0.39, 0.29) is 61.4 Å². The van der Waals surface area contributed by atoms with Crippen LogP contribution in [0.2, 0.25) is 0 Å². The number of para-hydroxylation sites is 1. The van der Waals surface area contributed by atoms with Crippen LogP contribution in [0.15, 0.2) is 42.1 Å². The van der Waals surface area contributed by atoms with E-state index < -0.39 is 82.2 Å². The molecule has 62 heavy (non-hydrogen) atoms. The molecule has 2 heterocycles. The SMILES string of the molecule is CN[C@H](C(=O)N[C@H](C(=O)N(C)[C@H](/C=C(\C)C(=O)N[C@@H](CCC(=O)O)C(=O)NCCN1C(=O)CC(SCCC(=O)O)C1=O)C(C)C)C(C)(C)C)C(C)(C)c1cn(C)c2ccccc12. The first-order chi connectivity index (χ1) is 28.8. The molecule has 3 rings (SSSR count). The summed E-state index contributed by atoms with van der Waals surface area (Å²) in [6, 6.07) is 4.33. The summed E-state index contributed by atoms with van der Waals surface area (Å²) in [6.45, 7) is 14.5. The molecule has 6 N–H and O–H groups in total. The van der Waals surface area contributed by atoms with Crippen molar-refractivity contribution in [2.24, 2.45) is 18.4 Å². The minimum atomic E-state index is -1.29. The first-order valence-electron chi connectivity index (χ1n) is 20.8. The van der Waals surface area contributed by atoms with E-state index in [0.717, 1.165) is 33.1 Å². The number of carbonyl (C=O) groups is 8. The van der Waals surface area contributed by atoms with Crippen LogP contribution in [0.5, 0.6) is 0 Å². The summed E-state index contributed by atoms with van der Waals surface area (Å²) >= 11 is 1.08. The van der Waals surface area contributed by atoms with Crippen LogP contribution in [0, 0.1) is 11.3 Å². The number of carbonyl (C=O) groups excluding carboxylic acids is 6. The number of hydrogen-bond acceptors (Lipinski definition) is 10.